The highest BCUT2D eigenvalue weighted by Gasteiger charge is 2.19. The largest absolute Gasteiger partial charge is 0.295 e. The van der Waals surface area contributed by atoms with Crippen molar-refractivity contribution in [2.24, 2.45) is 0 Å². The first-order valence-electron chi connectivity index (χ1n) is 4.25. The molecule has 0 bridgehead atoms. The second kappa shape index (κ2) is 3.35. The number of rotatable bonds is 1. The first-order chi connectivity index (χ1) is 6.25. The van der Waals surface area contributed by atoms with Crippen molar-refractivity contribution in [3.05, 3.63) is 40.4 Å². The Kier molecular flexibility index (Phi) is 2.19. The minimum Gasteiger partial charge on any atom is -0.295 e. The van der Waals surface area contributed by atoms with Crippen LogP contribution in [0.3, 0.4) is 0 Å². The molecule has 1 nitrogen and oxygen atoms in total. The summed E-state index contributed by atoms with van der Waals surface area (Å²) in [7, 11) is 0. The van der Waals surface area contributed by atoms with E-state index < -0.39 is 0 Å². The number of benzene rings is 1. The van der Waals surface area contributed by atoms with E-state index in [4.69, 9.17) is 11.6 Å². The Hall–Kier alpha value is -1.08. The second-order valence-corrected chi connectivity index (χ2v) is 3.58. The summed E-state index contributed by atoms with van der Waals surface area (Å²) in [4.78, 5) is 11.0. The SMILES string of the molecule is O=C1CCC1=Cc1ccc(Cl)cc1. The molecule has 1 saturated carbocycles. The number of halogens is 1. The maximum absolute atomic E-state index is 11.0. The van der Waals surface area contributed by atoms with E-state index in [2.05, 4.69) is 0 Å². The van der Waals surface area contributed by atoms with Crippen molar-refractivity contribution in [2.45, 2.75) is 12.8 Å². The Bertz CT molecular complexity index is 362. The summed E-state index contributed by atoms with van der Waals surface area (Å²) in [6.45, 7) is 0. The molecule has 1 aromatic rings. The van der Waals surface area contributed by atoms with Gasteiger partial charge >= 0.3 is 0 Å². The Morgan fingerprint density at radius 2 is 1.85 bits per heavy atom. The fourth-order valence-electron chi connectivity index (χ4n) is 1.28. The van der Waals surface area contributed by atoms with Gasteiger partial charge in [-0.25, -0.2) is 0 Å². The molecule has 1 aliphatic rings. The van der Waals surface area contributed by atoms with Crippen LogP contribution in [0.4, 0.5) is 0 Å². The number of hydrogen-bond acceptors (Lipinski definition) is 1. The molecule has 66 valence electrons. The van der Waals surface area contributed by atoms with E-state index in [1.54, 1.807) is 0 Å². The molecule has 0 spiro atoms. The minimum atomic E-state index is 0.273. The average molecular weight is 193 g/mol. The van der Waals surface area contributed by atoms with Gasteiger partial charge in [-0.1, -0.05) is 23.7 Å². The van der Waals surface area contributed by atoms with Crippen LogP contribution in [-0.4, -0.2) is 5.78 Å². The number of carbonyl (C=O) groups excluding carboxylic acids is 1. The Labute approximate surface area is 82.0 Å². The molecule has 0 atom stereocenters. The van der Waals surface area contributed by atoms with Crippen LogP contribution < -0.4 is 0 Å². The van der Waals surface area contributed by atoms with Crippen molar-refractivity contribution in [2.75, 3.05) is 0 Å². The van der Waals surface area contributed by atoms with Crippen molar-refractivity contribution in [1.82, 2.24) is 0 Å². The Balaban J connectivity index is 2.22. The summed E-state index contributed by atoms with van der Waals surface area (Å²) in [6.07, 6.45) is 3.56. The fraction of sp³-hybridized carbons (Fsp3) is 0.182. The molecule has 0 aliphatic heterocycles. The molecular weight excluding hydrogens is 184 g/mol. The molecule has 13 heavy (non-hydrogen) atoms. The first-order valence-corrected chi connectivity index (χ1v) is 4.63. The lowest BCUT2D eigenvalue weighted by molar-refractivity contribution is -0.118. The Morgan fingerprint density at radius 3 is 2.31 bits per heavy atom. The zero-order chi connectivity index (χ0) is 9.26. The summed E-state index contributed by atoms with van der Waals surface area (Å²) in [5, 5.41) is 0.724. The smallest absolute Gasteiger partial charge is 0.159 e. The summed E-state index contributed by atoms with van der Waals surface area (Å²) < 4.78 is 0. The molecule has 1 fully saturated rings. The van der Waals surface area contributed by atoms with Crippen LogP contribution in [-0.2, 0) is 4.79 Å². The summed E-state index contributed by atoms with van der Waals surface area (Å²) in [5.41, 5.74) is 1.98. The van der Waals surface area contributed by atoms with Gasteiger partial charge in [0.05, 0.1) is 0 Å². The van der Waals surface area contributed by atoms with Crippen molar-refractivity contribution < 1.29 is 4.79 Å². The molecule has 0 unspecified atom stereocenters. The molecular formula is C11H9ClO. The van der Waals surface area contributed by atoms with Gasteiger partial charge in [0.25, 0.3) is 0 Å². The number of allylic oxidation sites excluding steroid dienone is 1. The molecule has 2 rings (SSSR count). The quantitative estimate of drug-likeness (QED) is 0.625. The zero-order valence-corrected chi connectivity index (χ0v) is 7.84. The van der Waals surface area contributed by atoms with Gasteiger partial charge in [0.2, 0.25) is 0 Å². The van der Waals surface area contributed by atoms with E-state index in [9.17, 15) is 4.79 Å². The summed E-state index contributed by atoms with van der Waals surface area (Å²) >= 11 is 5.74. The molecule has 0 amide bonds. The van der Waals surface area contributed by atoms with Crippen molar-refractivity contribution in [3.8, 4) is 0 Å². The van der Waals surface area contributed by atoms with E-state index in [0.717, 1.165) is 22.6 Å². The third kappa shape index (κ3) is 1.81. The number of Topliss-reactive ketones (excluding diaryl/α,β-unsaturated/α-hetero) is 1. The predicted molar refractivity (Wildman–Crippen MR) is 53.7 cm³/mol. The van der Waals surface area contributed by atoms with Crippen LogP contribution in [0, 0.1) is 0 Å². The molecule has 0 heterocycles. The van der Waals surface area contributed by atoms with Gasteiger partial charge in [0, 0.05) is 11.4 Å². The van der Waals surface area contributed by atoms with Crippen LogP contribution in [0.2, 0.25) is 5.02 Å². The first kappa shape index (κ1) is 8.52. The zero-order valence-electron chi connectivity index (χ0n) is 7.09. The van der Waals surface area contributed by atoms with Crippen LogP contribution in [0.1, 0.15) is 18.4 Å². The van der Waals surface area contributed by atoms with Crippen LogP contribution in [0.5, 0.6) is 0 Å². The summed E-state index contributed by atoms with van der Waals surface area (Å²) in [5.74, 6) is 0.273. The van der Waals surface area contributed by atoms with Gasteiger partial charge in [-0.05, 0) is 35.8 Å². The standard InChI is InChI=1S/C11H9ClO/c12-10-4-1-8(2-5-10)7-9-3-6-11(9)13/h1-2,4-5,7H,3,6H2. The van der Waals surface area contributed by atoms with Gasteiger partial charge < -0.3 is 0 Å². The number of ketones is 1. The fourth-order valence-corrected chi connectivity index (χ4v) is 1.41. The van der Waals surface area contributed by atoms with Gasteiger partial charge in [-0.2, -0.15) is 0 Å². The lowest BCUT2D eigenvalue weighted by Crippen LogP contribution is -2.13. The molecule has 0 saturated heterocycles. The van der Waals surface area contributed by atoms with E-state index in [-0.39, 0.29) is 5.78 Å². The summed E-state index contributed by atoms with van der Waals surface area (Å²) in [6, 6.07) is 7.50. The average Bonchev–Trinajstić information content (AvgIpc) is 2.15. The molecule has 0 aromatic heterocycles. The third-order valence-electron chi connectivity index (χ3n) is 2.19. The monoisotopic (exact) mass is 192 g/mol. The van der Waals surface area contributed by atoms with Crippen molar-refractivity contribution in [3.63, 3.8) is 0 Å². The maximum atomic E-state index is 11.0. The van der Waals surface area contributed by atoms with E-state index in [0.29, 0.717) is 6.42 Å². The van der Waals surface area contributed by atoms with E-state index in [1.165, 1.54) is 0 Å². The van der Waals surface area contributed by atoms with E-state index in [1.807, 2.05) is 30.3 Å². The Morgan fingerprint density at radius 1 is 1.15 bits per heavy atom. The lowest BCUT2D eigenvalue weighted by Gasteiger charge is -2.14. The van der Waals surface area contributed by atoms with Crippen molar-refractivity contribution in [1.29, 1.82) is 0 Å². The third-order valence-corrected chi connectivity index (χ3v) is 2.44. The van der Waals surface area contributed by atoms with Gasteiger partial charge in [0.15, 0.2) is 5.78 Å². The number of hydrogen-bond donors (Lipinski definition) is 0. The molecule has 1 aromatic carbocycles. The van der Waals surface area contributed by atoms with E-state index >= 15 is 0 Å². The van der Waals surface area contributed by atoms with Gasteiger partial charge in [-0.3, -0.25) is 4.79 Å². The molecule has 0 radical (unpaired) electrons. The lowest BCUT2D eigenvalue weighted by atomic mass is 9.89. The van der Waals surface area contributed by atoms with Gasteiger partial charge in [-0.15, -0.1) is 0 Å². The normalized spacial score (nSPS) is 18.8. The highest BCUT2D eigenvalue weighted by atomic mass is 35.5. The predicted octanol–water partition coefficient (Wildman–Crippen LogP) is 3.09. The van der Waals surface area contributed by atoms with Crippen LogP contribution in [0.25, 0.3) is 6.08 Å². The minimum absolute atomic E-state index is 0.273. The second-order valence-electron chi connectivity index (χ2n) is 3.14. The topological polar surface area (TPSA) is 17.1 Å². The van der Waals surface area contributed by atoms with Crippen molar-refractivity contribution >= 4 is 23.5 Å². The van der Waals surface area contributed by atoms with Crippen LogP contribution >= 0.6 is 11.6 Å². The molecule has 2 heteroatoms. The molecule has 1 aliphatic carbocycles. The highest BCUT2D eigenvalue weighted by molar-refractivity contribution is 6.30. The highest BCUT2D eigenvalue weighted by Crippen LogP contribution is 2.24. The maximum Gasteiger partial charge on any atom is 0.159 e. The van der Waals surface area contributed by atoms with Gasteiger partial charge in [0.1, 0.15) is 0 Å². The number of carbonyl (C=O) groups is 1. The molecule has 0 N–H and O–H groups in total. The van der Waals surface area contributed by atoms with Crippen LogP contribution in [0.15, 0.2) is 29.8 Å².